The van der Waals surface area contributed by atoms with Gasteiger partial charge in [0.1, 0.15) is 0 Å². The molecule has 0 saturated heterocycles. The molecule has 0 fully saturated rings. The third-order valence-corrected chi connectivity index (χ3v) is 3.87. The Morgan fingerprint density at radius 3 is 2.30 bits per heavy atom. The second kappa shape index (κ2) is 8.14. The number of carbonyl (C=O) groups is 1. The van der Waals surface area contributed by atoms with E-state index in [0.29, 0.717) is 24.3 Å². The second-order valence-electron chi connectivity index (χ2n) is 6.01. The van der Waals surface area contributed by atoms with Crippen molar-refractivity contribution in [3.63, 3.8) is 0 Å². The zero-order valence-corrected chi connectivity index (χ0v) is 13.6. The zero-order chi connectivity index (χ0) is 16.7. The number of aryl methyl sites for hydroxylation is 1. The number of amides is 1. The Morgan fingerprint density at radius 2 is 1.74 bits per heavy atom. The van der Waals surface area contributed by atoms with E-state index in [4.69, 9.17) is 5.26 Å². The van der Waals surface area contributed by atoms with Crippen LogP contribution < -0.4 is 5.32 Å². The van der Waals surface area contributed by atoms with Gasteiger partial charge in [0.25, 0.3) is 0 Å². The number of benzene rings is 2. The fourth-order valence-electron chi connectivity index (χ4n) is 2.54. The van der Waals surface area contributed by atoms with E-state index in [2.05, 4.69) is 25.2 Å². The minimum atomic E-state index is 0.0321. The summed E-state index contributed by atoms with van der Waals surface area (Å²) in [5.74, 6) is 0.383. The van der Waals surface area contributed by atoms with Gasteiger partial charge in [0.2, 0.25) is 5.91 Å². The summed E-state index contributed by atoms with van der Waals surface area (Å²) < 4.78 is 0. The maximum atomic E-state index is 12.3. The van der Waals surface area contributed by atoms with Crippen molar-refractivity contribution in [3.8, 4) is 6.07 Å². The highest BCUT2D eigenvalue weighted by atomic mass is 16.1. The maximum Gasteiger partial charge on any atom is 0.220 e. The Morgan fingerprint density at radius 1 is 1.09 bits per heavy atom. The number of nitriles is 1. The molecular formula is C20H22N2O. The molecule has 118 valence electrons. The molecule has 1 amide bonds. The van der Waals surface area contributed by atoms with Crippen LogP contribution in [0.15, 0.2) is 54.6 Å². The predicted octanol–water partition coefficient (Wildman–Crippen LogP) is 4.00. The summed E-state index contributed by atoms with van der Waals surface area (Å²) in [6, 6.07) is 19.6. The van der Waals surface area contributed by atoms with Crippen molar-refractivity contribution in [2.24, 2.45) is 5.92 Å². The van der Waals surface area contributed by atoms with Crippen molar-refractivity contribution >= 4 is 5.91 Å². The lowest BCUT2D eigenvalue weighted by Crippen LogP contribution is -2.31. The molecule has 0 aliphatic rings. The molecule has 1 atom stereocenters. The molecule has 0 bridgehead atoms. The van der Waals surface area contributed by atoms with E-state index in [0.717, 1.165) is 11.1 Å². The lowest BCUT2D eigenvalue weighted by atomic mass is 9.95. The maximum absolute atomic E-state index is 12.3. The Hall–Kier alpha value is -2.60. The standard InChI is InChI=1S/C20H22N2O/c1-15(2)20(18-6-4-3-5-7-18)22-19(23)13-12-16-8-10-17(14-21)11-9-16/h3-11,15,20H,12-13H2,1-2H3,(H,22,23). The van der Waals surface area contributed by atoms with Gasteiger partial charge < -0.3 is 5.32 Å². The second-order valence-corrected chi connectivity index (χ2v) is 6.01. The normalized spacial score (nSPS) is 11.7. The molecule has 2 aromatic rings. The van der Waals surface area contributed by atoms with Crippen molar-refractivity contribution < 1.29 is 4.79 Å². The van der Waals surface area contributed by atoms with Gasteiger partial charge in [-0.25, -0.2) is 0 Å². The minimum absolute atomic E-state index is 0.0321. The van der Waals surface area contributed by atoms with Crippen molar-refractivity contribution in [3.05, 3.63) is 71.3 Å². The molecule has 1 N–H and O–H groups in total. The molecule has 0 radical (unpaired) electrons. The Labute approximate surface area is 138 Å². The average molecular weight is 306 g/mol. The van der Waals surface area contributed by atoms with E-state index in [1.165, 1.54) is 0 Å². The highest BCUT2D eigenvalue weighted by Gasteiger charge is 2.17. The molecule has 0 saturated carbocycles. The number of nitrogens with zero attached hydrogens (tertiary/aromatic N) is 1. The molecule has 0 heterocycles. The fourth-order valence-corrected chi connectivity index (χ4v) is 2.54. The molecule has 0 aromatic heterocycles. The van der Waals surface area contributed by atoms with Crippen LogP contribution in [0.2, 0.25) is 0 Å². The Kier molecular flexibility index (Phi) is 5.94. The van der Waals surface area contributed by atoms with Gasteiger partial charge in [-0.15, -0.1) is 0 Å². The van der Waals surface area contributed by atoms with Crippen LogP contribution in [0.3, 0.4) is 0 Å². The summed E-state index contributed by atoms with van der Waals surface area (Å²) in [6.07, 6.45) is 1.12. The fraction of sp³-hybridized carbons (Fsp3) is 0.300. The van der Waals surface area contributed by atoms with Crippen molar-refractivity contribution in [1.82, 2.24) is 5.32 Å². The van der Waals surface area contributed by atoms with Gasteiger partial charge in [-0.1, -0.05) is 56.3 Å². The topological polar surface area (TPSA) is 52.9 Å². The van der Waals surface area contributed by atoms with E-state index >= 15 is 0 Å². The van der Waals surface area contributed by atoms with E-state index in [1.54, 1.807) is 12.1 Å². The third-order valence-electron chi connectivity index (χ3n) is 3.87. The Bertz CT molecular complexity index is 669. The largest absolute Gasteiger partial charge is 0.349 e. The van der Waals surface area contributed by atoms with Gasteiger partial charge >= 0.3 is 0 Å². The van der Waals surface area contributed by atoms with Crippen molar-refractivity contribution in [2.45, 2.75) is 32.7 Å². The first kappa shape index (κ1) is 16.8. The van der Waals surface area contributed by atoms with Crippen LogP contribution in [0.1, 0.15) is 43.0 Å². The summed E-state index contributed by atoms with van der Waals surface area (Å²) in [4.78, 5) is 12.3. The molecule has 3 nitrogen and oxygen atoms in total. The third kappa shape index (κ3) is 4.96. The number of carbonyl (C=O) groups excluding carboxylic acids is 1. The van der Waals surface area contributed by atoms with Gasteiger partial charge in [0.15, 0.2) is 0 Å². The number of hydrogen-bond donors (Lipinski definition) is 1. The summed E-state index contributed by atoms with van der Waals surface area (Å²) >= 11 is 0. The molecule has 0 aliphatic carbocycles. The smallest absolute Gasteiger partial charge is 0.220 e. The highest BCUT2D eigenvalue weighted by Crippen LogP contribution is 2.21. The average Bonchev–Trinajstić information content (AvgIpc) is 2.58. The number of rotatable bonds is 6. The first-order chi connectivity index (χ1) is 11.1. The SMILES string of the molecule is CC(C)C(NC(=O)CCc1ccc(C#N)cc1)c1ccccc1. The van der Waals surface area contributed by atoms with Crippen LogP contribution in [0.4, 0.5) is 0 Å². The first-order valence-electron chi connectivity index (χ1n) is 7.93. The summed E-state index contributed by atoms with van der Waals surface area (Å²) in [6.45, 7) is 4.22. The molecule has 0 aliphatic heterocycles. The summed E-state index contributed by atoms with van der Waals surface area (Å²) in [5, 5.41) is 11.9. The Balaban J connectivity index is 1.93. The molecular weight excluding hydrogens is 284 g/mol. The molecule has 2 aromatic carbocycles. The van der Waals surface area contributed by atoms with Crippen LogP contribution in [-0.4, -0.2) is 5.91 Å². The molecule has 1 unspecified atom stereocenters. The van der Waals surface area contributed by atoms with E-state index in [-0.39, 0.29) is 11.9 Å². The van der Waals surface area contributed by atoms with Crippen LogP contribution in [0, 0.1) is 17.2 Å². The monoisotopic (exact) mass is 306 g/mol. The van der Waals surface area contributed by atoms with Crippen LogP contribution in [0.5, 0.6) is 0 Å². The lowest BCUT2D eigenvalue weighted by molar-refractivity contribution is -0.122. The van der Waals surface area contributed by atoms with Crippen molar-refractivity contribution in [2.75, 3.05) is 0 Å². The van der Waals surface area contributed by atoms with Gasteiger partial charge in [0.05, 0.1) is 17.7 Å². The van der Waals surface area contributed by atoms with Gasteiger partial charge in [-0.05, 0) is 35.6 Å². The minimum Gasteiger partial charge on any atom is -0.349 e. The van der Waals surface area contributed by atoms with E-state index in [1.807, 2.05) is 42.5 Å². The quantitative estimate of drug-likeness (QED) is 0.877. The molecule has 3 heteroatoms. The number of hydrogen-bond acceptors (Lipinski definition) is 2. The summed E-state index contributed by atoms with van der Waals surface area (Å²) in [5.41, 5.74) is 2.84. The lowest BCUT2D eigenvalue weighted by Gasteiger charge is -2.23. The number of nitrogens with one attached hydrogen (secondary N) is 1. The summed E-state index contributed by atoms with van der Waals surface area (Å²) in [7, 11) is 0. The first-order valence-corrected chi connectivity index (χ1v) is 7.93. The molecule has 23 heavy (non-hydrogen) atoms. The van der Waals surface area contributed by atoms with Crippen LogP contribution in [0.25, 0.3) is 0 Å². The van der Waals surface area contributed by atoms with Crippen LogP contribution >= 0.6 is 0 Å². The van der Waals surface area contributed by atoms with E-state index in [9.17, 15) is 4.79 Å². The zero-order valence-electron chi connectivity index (χ0n) is 13.6. The van der Waals surface area contributed by atoms with E-state index < -0.39 is 0 Å². The predicted molar refractivity (Wildman–Crippen MR) is 91.6 cm³/mol. The van der Waals surface area contributed by atoms with Crippen molar-refractivity contribution in [1.29, 1.82) is 5.26 Å². The highest BCUT2D eigenvalue weighted by molar-refractivity contribution is 5.76. The van der Waals surface area contributed by atoms with Gasteiger partial charge in [0, 0.05) is 6.42 Å². The molecule has 0 spiro atoms. The molecule has 2 rings (SSSR count). The van der Waals surface area contributed by atoms with Gasteiger partial charge in [-0.2, -0.15) is 5.26 Å². The van der Waals surface area contributed by atoms with Gasteiger partial charge in [-0.3, -0.25) is 4.79 Å². The van der Waals surface area contributed by atoms with Crippen LogP contribution in [-0.2, 0) is 11.2 Å².